The number of ether oxygens (including phenoxy) is 3. The molecule has 0 saturated heterocycles. The molecule has 1 heterocycles. The summed E-state index contributed by atoms with van der Waals surface area (Å²) in [7, 11) is 4.85. The van der Waals surface area contributed by atoms with Crippen LogP contribution in [0.3, 0.4) is 0 Å². The largest absolute Gasteiger partial charge is 0.497 e. The summed E-state index contributed by atoms with van der Waals surface area (Å²) in [6.45, 7) is 0. The van der Waals surface area contributed by atoms with Crippen molar-refractivity contribution < 1.29 is 19.0 Å². The minimum absolute atomic E-state index is 0.0615. The van der Waals surface area contributed by atoms with Crippen molar-refractivity contribution in [3.05, 3.63) is 47.8 Å². The van der Waals surface area contributed by atoms with Crippen molar-refractivity contribution in [1.82, 2.24) is 4.98 Å². The lowest BCUT2D eigenvalue weighted by atomic mass is 10.1. The van der Waals surface area contributed by atoms with Crippen LogP contribution in [0.4, 0.5) is 5.13 Å². The fraction of sp³-hybridized carbons (Fsp3) is 0.238. The number of hydrogen-bond donors (Lipinski definition) is 1. The maximum atomic E-state index is 12.2. The zero-order chi connectivity index (χ0) is 20.6. The van der Waals surface area contributed by atoms with Gasteiger partial charge in [0.05, 0.1) is 27.0 Å². The number of methoxy groups -OCH3 is 3. The molecule has 3 aromatic rings. The lowest BCUT2D eigenvalue weighted by Gasteiger charge is -2.08. The van der Waals surface area contributed by atoms with Gasteiger partial charge in [-0.1, -0.05) is 0 Å². The van der Waals surface area contributed by atoms with Crippen LogP contribution < -0.4 is 19.5 Å². The number of carbonyl (C=O) groups is 1. The second-order valence-electron chi connectivity index (χ2n) is 5.93. The molecular weight excluding hydrogens is 408 g/mol. The number of benzene rings is 2. The number of anilines is 1. The molecule has 0 aliphatic heterocycles. The molecule has 8 heteroatoms. The van der Waals surface area contributed by atoms with Crippen molar-refractivity contribution >= 4 is 34.1 Å². The molecule has 0 unspecified atom stereocenters. The summed E-state index contributed by atoms with van der Waals surface area (Å²) in [5.74, 6) is 2.82. The van der Waals surface area contributed by atoms with Crippen LogP contribution in [-0.2, 0) is 4.79 Å². The van der Waals surface area contributed by atoms with Gasteiger partial charge in [-0.15, -0.1) is 23.1 Å². The molecule has 0 fully saturated rings. The zero-order valence-electron chi connectivity index (χ0n) is 16.4. The number of carbonyl (C=O) groups excluding carboxylic acids is 1. The minimum Gasteiger partial charge on any atom is -0.497 e. The van der Waals surface area contributed by atoms with Crippen molar-refractivity contribution in [3.63, 3.8) is 0 Å². The number of rotatable bonds is 9. The highest BCUT2D eigenvalue weighted by Crippen LogP contribution is 2.34. The van der Waals surface area contributed by atoms with Gasteiger partial charge in [-0.2, -0.15) is 0 Å². The van der Waals surface area contributed by atoms with Crippen LogP contribution in [0.2, 0.25) is 0 Å². The Morgan fingerprint density at radius 2 is 1.76 bits per heavy atom. The molecule has 6 nitrogen and oxygen atoms in total. The molecule has 2 aromatic carbocycles. The average molecular weight is 431 g/mol. The van der Waals surface area contributed by atoms with Crippen LogP contribution >= 0.6 is 23.1 Å². The molecule has 1 aromatic heterocycles. The molecule has 3 rings (SSSR count). The molecule has 0 radical (unpaired) electrons. The fourth-order valence-corrected chi connectivity index (χ4v) is 4.16. The van der Waals surface area contributed by atoms with Gasteiger partial charge in [0.2, 0.25) is 5.91 Å². The number of aromatic nitrogens is 1. The third-order valence-corrected chi connectivity index (χ3v) is 5.86. The first-order valence-corrected chi connectivity index (χ1v) is 10.7. The maximum absolute atomic E-state index is 12.2. The van der Waals surface area contributed by atoms with Gasteiger partial charge >= 0.3 is 0 Å². The fourth-order valence-electron chi connectivity index (χ4n) is 2.58. The number of thioether (sulfide) groups is 1. The van der Waals surface area contributed by atoms with E-state index in [-0.39, 0.29) is 5.91 Å². The van der Waals surface area contributed by atoms with Crippen LogP contribution in [0.15, 0.2) is 52.7 Å². The number of hydrogen-bond acceptors (Lipinski definition) is 7. The third kappa shape index (κ3) is 5.65. The summed E-state index contributed by atoms with van der Waals surface area (Å²) in [6.07, 6.45) is 0.400. The second kappa shape index (κ2) is 10.2. The second-order valence-corrected chi connectivity index (χ2v) is 7.95. The monoisotopic (exact) mass is 430 g/mol. The van der Waals surface area contributed by atoms with Crippen LogP contribution in [0.25, 0.3) is 11.3 Å². The molecule has 1 N–H and O–H groups in total. The van der Waals surface area contributed by atoms with Gasteiger partial charge in [0.25, 0.3) is 0 Å². The van der Waals surface area contributed by atoms with Crippen molar-refractivity contribution in [1.29, 1.82) is 0 Å². The van der Waals surface area contributed by atoms with Crippen LogP contribution in [0.1, 0.15) is 6.42 Å². The summed E-state index contributed by atoms with van der Waals surface area (Å²) in [5.41, 5.74) is 1.59. The molecule has 0 aliphatic rings. The van der Waals surface area contributed by atoms with Crippen molar-refractivity contribution in [3.8, 4) is 28.5 Å². The highest BCUT2D eigenvalue weighted by molar-refractivity contribution is 7.99. The van der Waals surface area contributed by atoms with E-state index in [1.54, 1.807) is 33.1 Å². The molecule has 0 bridgehead atoms. The summed E-state index contributed by atoms with van der Waals surface area (Å²) >= 11 is 3.01. The van der Waals surface area contributed by atoms with Gasteiger partial charge in [0.1, 0.15) is 17.2 Å². The minimum atomic E-state index is -0.0615. The first-order chi connectivity index (χ1) is 14.1. The Morgan fingerprint density at radius 3 is 2.45 bits per heavy atom. The van der Waals surface area contributed by atoms with Gasteiger partial charge in [0.15, 0.2) is 5.13 Å². The van der Waals surface area contributed by atoms with E-state index in [1.165, 1.54) is 11.3 Å². The Labute approximate surface area is 178 Å². The number of nitrogens with one attached hydrogen (secondary N) is 1. The van der Waals surface area contributed by atoms with E-state index >= 15 is 0 Å². The van der Waals surface area contributed by atoms with E-state index in [0.29, 0.717) is 28.8 Å². The number of thiazole rings is 1. The van der Waals surface area contributed by atoms with Gasteiger partial charge in [-0.25, -0.2) is 4.98 Å². The highest BCUT2D eigenvalue weighted by Gasteiger charge is 2.13. The van der Waals surface area contributed by atoms with E-state index in [2.05, 4.69) is 10.3 Å². The third-order valence-electron chi connectivity index (χ3n) is 4.09. The van der Waals surface area contributed by atoms with E-state index in [1.807, 2.05) is 47.8 Å². The molecular formula is C21H22N2O4S2. The smallest absolute Gasteiger partial charge is 0.226 e. The Kier molecular flexibility index (Phi) is 7.37. The standard InChI is InChI=1S/C21H22N2O4S2/c1-25-14-4-7-16(8-5-14)28-11-10-20(24)23-21-22-18(13-29-21)17-9-6-15(26-2)12-19(17)27-3/h4-9,12-13H,10-11H2,1-3H3,(H,22,23,24). The SMILES string of the molecule is COc1ccc(SCCC(=O)Nc2nc(-c3ccc(OC)cc3OC)cs2)cc1. The van der Waals surface area contributed by atoms with Gasteiger partial charge in [-0.3, -0.25) is 4.79 Å². The Bertz CT molecular complexity index is 958. The Hall–Kier alpha value is -2.71. The molecule has 0 spiro atoms. The predicted octanol–water partition coefficient (Wildman–Crippen LogP) is 4.96. The maximum Gasteiger partial charge on any atom is 0.226 e. The zero-order valence-corrected chi connectivity index (χ0v) is 18.1. The van der Waals surface area contributed by atoms with Crippen molar-refractivity contribution in [2.24, 2.45) is 0 Å². The van der Waals surface area contributed by atoms with E-state index < -0.39 is 0 Å². The van der Waals surface area contributed by atoms with Gasteiger partial charge in [0, 0.05) is 34.1 Å². The number of nitrogens with zero attached hydrogens (tertiary/aromatic N) is 1. The van der Waals surface area contributed by atoms with Gasteiger partial charge in [-0.05, 0) is 36.4 Å². The summed E-state index contributed by atoms with van der Waals surface area (Å²) in [6, 6.07) is 13.3. The first-order valence-electron chi connectivity index (χ1n) is 8.87. The quantitative estimate of drug-likeness (QED) is 0.484. The van der Waals surface area contributed by atoms with Crippen LogP contribution in [0.5, 0.6) is 17.2 Å². The Balaban J connectivity index is 1.55. The van der Waals surface area contributed by atoms with Crippen molar-refractivity contribution in [2.45, 2.75) is 11.3 Å². The normalized spacial score (nSPS) is 10.4. The van der Waals surface area contributed by atoms with Crippen LogP contribution in [0, 0.1) is 0 Å². The average Bonchev–Trinajstić information content (AvgIpc) is 3.21. The van der Waals surface area contributed by atoms with Crippen LogP contribution in [-0.4, -0.2) is 38.0 Å². The Morgan fingerprint density at radius 1 is 1.03 bits per heavy atom. The first kappa shape index (κ1) is 21.0. The number of amides is 1. The molecule has 152 valence electrons. The van der Waals surface area contributed by atoms with Gasteiger partial charge < -0.3 is 19.5 Å². The van der Waals surface area contributed by atoms with E-state index in [4.69, 9.17) is 14.2 Å². The van der Waals surface area contributed by atoms with E-state index in [9.17, 15) is 4.79 Å². The topological polar surface area (TPSA) is 69.7 Å². The lowest BCUT2D eigenvalue weighted by molar-refractivity contribution is -0.115. The molecule has 0 saturated carbocycles. The molecule has 1 amide bonds. The predicted molar refractivity (Wildman–Crippen MR) is 118 cm³/mol. The highest BCUT2D eigenvalue weighted by atomic mass is 32.2. The molecule has 0 atom stereocenters. The summed E-state index contributed by atoms with van der Waals surface area (Å²) in [5, 5.41) is 5.33. The van der Waals surface area contributed by atoms with E-state index in [0.717, 1.165) is 21.9 Å². The summed E-state index contributed by atoms with van der Waals surface area (Å²) < 4.78 is 15.8. The summed E-state index contributed by atoms with van der Waals surface area (Å²) in [4.78, 5) is 17.9. The lowest BCUT2D eigenvalue weighted by Crippen LogP contribution is -2.11. The molecule has 0 aliphatic carbocycles. The van der Waals surface area contributed by atoms with Crippen molar-refractivity contribution in [2.75, 3.05) is 32.4 Å². The molecule has 29 heavy (non-hydrogen) atoms.